The van der Waals surface area contributed by atoms with Crippen molar-refractivity contribution in [3.05, 3.63) is 53.9 Å². The van der Waals surface area contributed by atoms with Crippen molar-refractivity contribution < 1.29 is 19.6 Å². The van der Waals surface area contributed by atoms with E-state index in [2.05, 4.69) is 21.7 Å². The highest BCUT2D eigenvalue weighted by Crippen LogP contribution is 2.28. The Bertz CT molecular complexity index is 727. The first-order valence-electron chi connectivity index (χ1n) is 9.27. The second kappa shape index (κ2) is 9.92. The van der Waals surface area contributed by atoms with Gasteiger partial charge in [-0.2, -0.15) is 0 Å². The van der Waals surface area contributed by atoms with Crippen LogP contribution in [0.1, 0.15) is 38.8 Å². The monoisotopic (exact) mass is 372 g/mol. The van der Waals surface area contributed by atoms with E-state index in [1.165, 1.54) is 5.56 Å². The molecule has 6 heteroatoms. The van der Waals surface area contributed by atoms with Gasteiger partial charge in [-0.05, 0) is 52.0 Å². The van der Waals surface area contributed by atoms with E-state index in [4.69, 9.17) is 9.47 Å². The molecule has 0 unspecified atom stereocenters. The van der Waals surface area contributed by atoms with Crippen molar-refractivity contribution in [2.45, 2.75) is 46.3 Å². The van der Waals surface area contributed by atoms with Crippen LogP contribution < -0.4 is 20.1 Å². The van der Waals surface area contributed by atoms with Gasteiger partial charge in [0.15, 0.2) is 18.1 Å². The molecule has 0 aliphatic heterocycles. The van der Waals surface area contributed by atoms with Crippen LogP contribution in [0, 0.1) is 0 Å². The van der Waals surface area contributed by atoms with E-state index >= 15 is 0 Å². The number of nitrogens with two attached hydrogens (primary N) is 1. The number of amides is 1. The number of carbonyl (C=O) groups is 1. The van der Waals surface area contributed by atoms with Crippen molar-refractivity contribution in [3.8, 4) is 11.5 Å². The van der Waals surface area contributed by atoms with E-state index in [0.29, 0.717) is 18.1 Å². The van der Waals surface area contributed by atoms with E-state index in [1.807, 2.05) is 58.2 Å². The van der Waals surface area contributed by atoms with Crippen molar-refractivity contribution in [3.63, 3.8) is 0 Å². The van der Waals surface area contributed by atoms with Crippen LogP contribution in [0.25, 0.3) is 0 Å². The minimum Gasteiger partial charge on any atom is -0.490 e. The number of aromatic nitrogens is 1. The van der Waals surface area contributed by atoms with Gasteiger partial charge in [-0.15, -0.1) is 0 Å². The maximum Gasteiger partial charge on any atom is 0.258 e. The van der Waals surface area contributed by atoms with Gasteiger partial charge in [0.1, 0.15) is 13.1 Å². The first-order valence-corrected chi connectivity index (χ1v) is 9.27. The van der Waals surface area contributed by atoms with E-state index in [0.717, 1.165) is 18.7 Å². The lowest BCUT2D eigenvalue weighted by Gasteiger charge is -2.21. The highest BCUT2D eigenvalue weighted by Gasteiger charge is 2.15. The standard InChI is InChI=1S/C21H29N3O3/c1-5-26-19-11-16(12-23-14-17-7-6-10-22-13-17)8-9-18(19)27-15-20(25)24-21(2,3)4/h6-11,13,23H,5,12,14-15H2,1-4H3,(H,24,25)/p+1. The van der Waals surface area contributed by atoms with Gasteiger partial charge in [-0.25, -0.2) is 0 Å². The number of nitrogens with zero attached hydrogens (tertiary/aromatic N) is 1. The molecule has 0 aliphatic carbocycles. The van der Waals surface area contributed by atoms with Crippen LogP contribution in [0.2, 0.25) is 0 Å². The van der Waals surface area contributed by atoms with Crippen molar-refractivity contribution in [1.29, 1.82) is 0 Å². The fourth-order valence-electron chi connectivity index (χ4n) is 2.59. The van der Waals surface area contributed by atoms with Gasteiger partial charge in [0.25, 0.3) is 5.91 Å². The molecule has 146 valence electrons. The lowest BCUT2D eigenvalue weighted by Crippen LogP contribution is -2.80. The van der Waals surface area contributed by atoms with Crippen LogP contribution in [0.3, 0.4) is 0 Å². The molecular formula is C21H30N3O3+. The third-order valence-corrected chi connectivity index (χ3v) is 3.66. The largest absolute Gasteiger partial charge is 0.490 e. The van der Waals surface area contributed by atoms with Gasteiger partial charge in [0.05, 0.1) is 6.61 Å². The van der Waals surface area contributed by atoms with Gasteiger partial charge in [0.2, 0.25) is 0 Å². The highest BCUT2D eigenvalue weighted by molar-refractivity contribution is 5.78. The second-order valence-electron chi connectivity index (χ2n) is 7.36. The summed E-state index contributed by atoms with van der Waals surface area (Å²) < 4.78 is 11.4. The van der Waals surface area contributed by atoms with Gasteiger partial charge in [-0.3, -0.25) is 9.78 Å². The van der Waals surface area contributed by atoms with Crippen LogP contribution in [0.4, 0.5) is 0 Å². The Kier molecular flexibility index (Phi) is 7.61. The molecule has 0 fully saturated rings. The van der Waals surface area contributed by atoms with Gasteiger partial charge in [-0.1, -0.05) is 6.07 Å². The molecule has 0 bridgehead atoms. The number of nitrogens with one attached hydrogen (secondary N) is 1. The maximum absolute atomic E-state index is 12.0. The molecule has 1 aromatic heterocycles. The predicted molar refractivity (Wildman–Crippen MR) is 105 cm³/mol. The molecule has 0 radical (unpaired) electrons. The Labute approximate surface area is 161 Å². The summed E-state index contributed by atoms with van der Waals surface area (Å²) in [6, 6.07) is 9.84. The molecule has 27 heavy (non-hydrogen) atoms. The average Bonchev–Trinajstić information content (AvgIpc) is 2.61. The van der Waals surface area contributed by atoms with E-state index in [1.54, 1.807) is 6.20 Å². The normalized spacial score (nSPS) is 11.1. The third kappa shape index (κ3) is 7.66. The lowest BCUT2D eigenvalue weighted by atomic mass is 10.1. The van der Waals surface area contributed by atoms with Crippen LogP contribution in [0.5, 0.6) is 11.5 Å². The molecule has 0 spiro atoms. The minimum absolute atomic E-state index is 0.0379. The molecule has 0 aliphatic rings. The number of benzene rings is 1. The number of pyridine rings is 1. The molecule has 0 atom stereocenters. The van der Waals surface area contributed by atoms with E-state index in [-0.39, 0.29) is 18.1 Å². The zero-order valence-electron chi connectivity index (χ0n) is 16.6. The summed E-state index contributed by atoms with van der Waals surface area (Å²) in [7, 11) is 0. The molecule has 6 nitrogen and oxygen atoms in total. The zero-order chi connectivity index (χ0) is 19.7. The molecule has 3 N–H and O–H groups in total. The Balaban J connectivity index is 1.93. The molecule has 1 amide bonds. The summed E-state index contributed by atoms with van der Waals surface area (Å²) in [5.41, 5.74) is 2.04. The third-order valence-electron chi connectivity index (χ3n) is 3.66. The molecule has 0 saturated heterocycles. The van der Waals surface area contributed by atoms with Crippen LogP contribution in [-0.4, -0.2) is 29.6 Å². The van der Waals surface area contributed by atoms with E-state index in [9.17, 15) is 4.79 Å². The Hall–Kier alpha value is -2.60. The number of quaternary nitrogens is 1. The quantitative estimate of drug-likeness (QED) is 0.706. The Morgan fingerprint density at radius 2 is 1.89 bits per heavy atom. The number of ether oxygens (including phenoxy) is 2. The smallest absolute Gasteiger partial charge is 0.258 e. The van der Waals surface area contributed by atoms with Crippen LogP contribution in [-0.2, 0) is 17.9 Å². The topological polar surface area (TPSA) is 77.1 Å². The Morgan fingerprint density at radius 3 is 2.56 bits per heavy atom. The number of hydrogen-bond acceptors (Lipinski definition) is 4. The summed E-state index contributed by atoms with van der Waals surface area (Å²) >= 11 is 0. The first kappa shape index (κ1) is 20.7. The van der Waals surface area contributed by atoms with Gasteiger partial charge >= 0.3 is 0 Å². The first-order chi connectivity index (χ1) is 12.9. The number of hydrogen-bond donors (Lipinski definition) is 2. The second-order valence-corrected chi connectivity index (χ2v) is 7.36. The lowest BCUT2D eigenvalue weighted by molar-refractivity contribution is -0.686. The molecule has 2 rings (SSSR count). The summed E-state index contributed by atoms with van der Waals surface area (Å²) in [5.74, 6) is 1.09. The average molecular weight is 372 g/mol. The summed E-state index contributed by atoms with van der Waals surface area (Å²) in [6.45, 7) is 9.92. The summed E-state index contributed by atoms with van der Waals surface area (Å²) in [6.07, 6.45) is 3.65. The van der Waals surface area contributed by atoms with Crippen molar-refractivity contribution in [2.24, 2.45) is 0 Å². The summed E-state index contributed by atoms with van der Waals surface area (Å²) in [5, 5.41) is 5.09. The molecule has 2 aromatic rings. The molecular weight excluding hydrogens is 342 g/mol. The fraction of sp³-hybridized carbons (Fsp3) is 0.429. The molecule has 0 saturated carbocycles. The van der Waals surface area contributed by atoms with Crippen LogP contribution >= 0.6 is 0 Å². The predicted octanol–water partition coefficient (Wildman–Crippen LogP) is 2.04. The number of rotatable bonds is 9. The van der Waals surface area contributed by atoms with Crippen molar-refractivity contribution >= 4 is 5.91 Å². The highest BCUT2D eigenvalue weighted by atomic mass is 16.5. The molecule has 1 heterocycles. The number of carbonyl (C=O) groups excluding carboxylic acids is 1. The Morgan fingerprint density at radius 1 is 1.11 bits per heavy atom. The van der Waals surface area contributed by atoms with Crippen molar-refractivity contribution in [1.82, 2.24) is 10.3 Å². The van der Waals surface area contributed by atoms with E-state index < -0.39 is 0 Å². The van der Waals surface area contributed by atoms with Crippen molar-refractivity contribution in [2.75, 3.05) is 13.2 Å². The van der Waals surface area contributed by atoms with Gasteiger partial charge in [0, 0.05) is 29.1 Å². The zero-order valence-corrected chi connectivity index (χ0v) is 16.6. The molecule has 1 aromatic carbocycles. The fourth-order valence-corrected chi connectivity index (χ4v) is 2.59. The summed E-state index contributed by atoms with van der Waals surface area (Å²) in [4.78, 5) is 16.1. The van der Waals surface area contributed by atoms with Gasteiger partial charge < -0.3 is 20.1 Å². The SMILES string of the molecule is CCOc1cc(C[NH2+]Cc2cccnc2)ccc1OCC(=O)NC(C)(C)C. The minimum atomic E-state index is -0.281. The van der Waals surface area contributed by atoms with Crippen LogP contribution in [0.15, 0.2) is 42.7 Å². The maximum atomic E-state index is 12.0.